The van der Waals surface area contributed by atoms with E-state index in [9.17, 15) is 9.90 Å². The summed E-state index contributed by atoms with van der Waals surface area (Å²) in [4.78, 5) is 11.7. The fraction of sp³-hybridized carbons (Fsp3) is 0.0667. The summed E-state index contributed by atoms with van der Waals surface area (Å²) in [7, 11) is 0. The molecule has 5 nitrogen and oxygen atoms in total. The SMILES string of the molecule is O=C(CNc1ccc(Br)cc1)N/N=C\c1cc(Br)ccc1O. The van der Waals surface area contributed by atoms with Crippen molar-refractivity contribution in [2.24, 2.45) is 5.10 Å². The van der Waals surface area contributed by atoms with Crippen molar-refractivity contribution in [2.75, 3.05) is 11.9 Å². The van der Waals surface area contributed by atoms with Gasteiger partial charge < -0.3 is 10.4 Å². The predicted molar refractivity (Wildman–Crippen MR) is 94.2 cm³/mol. The fourth-order valence-electron chi connectivity index (χ4n) is 1.59. The largest absolute Gasteiger partial charge is 0.507 e. The molecule has 2 aromatic carbocycles. The molecular formula is C15H13Br2N3O2. The van der Waals surface area contributed by atoms with Crippen LogP contribution in [0.4, 0.5) is 5.69 Å². The number of anilines is 1. The van der Waals surface area contributed by atoms with Crippen LogP contribution in [-0.2, 0) is 4.79 Å². The molecule has 22 heavy (non-hydrogen) atoms. The molecule has 0 heterocycles. The molecule has 7 heteroatoms. The molecule has 0 aliphatic heterocycles. The van der Waals surface area contributed by atoms with Gasteiger partial charge in [-0.3, -0.25) is 4.79 Å². The molecule has 0 radical (unpaired) electrons. The van der Waals surface area contributed by atoms with Gasteiger partial charge in [-0.25, -0.2) is 5.43 Å². The molecule has 114 valence electrons. The number of nitrogens with one attached hydrogen (secondary N) is 2. The number of hydrogen-bond donors (Lipinski definition) is 3. The van der Waals surface area contributed by atoms with E-state index in [-0.39, 0.29) is 18.2 Å². The minimum atomic E-state index is -0.284. The maximum atomic E-state index is 11.7. The number of halogens is 2. The van der Waals surface area contributed by atoms with Crippen LogP contribution in [0.25, 0.3) is 0 Å². The Morgan fingerprint density at radius 3 is 2.55 bits per heavy atom. The molecule has 0 saturated heterocycles. The molecule has 0 saturated carbocycles. The third-order valence-electron chi connectivity index (χ3n) is 2.68. The van der Waals surface area contributed by atoms with E-state index in [0.717, 1.165) is 14.6 Å². The Morgan fingerprint density at radius 2 is 1.82 bits per heavy atom. The lowest BCUT2D eigenvalue weighted by molar-refractivity contribution is -0.119. The van der Waals surface area contributed by atoms with Crippen molar-refractivity contribution in [3.05, 3.63) is 57.0 Å². The second-order valence-electron chi connectivity index (χ2n) is 4.36. The van der Waals surface area contributed by atoms with Gasteiger partial charge in [0.15, 0.2) is 0 Å². The number of hydrazone groups is 1. The first-order valence-corrected chi connectivity index (χ1v) is 7.93. The first kappa shape index (κ1) is 16.5. The highest BCUT2D eigenvalue weighted by Gasteiger charge is 2.01. The van der Waals surface area contributed by atoms with Crippen LogP contribution in [0.5, 0.6) is 5.75 Å². The van der Waals surface area contributed by atoms with Crippen LogP contribution >= 0.6 is 31.9 Å². The van der Waals surface area contributed by atoms with Gasteiger partial charge in [-0.2, -0.15) is 5.10 Å². The molecule has 0 bridgehead atoms. The van der Waals surface area contributed by atoms with E-state index < -0.39 is 0 Å². The monoisotopic (exact) mass is 425 g/mol. The smallest absolute Gasteiger partial charge is 0.259 e. The summed E-state index contributed by atoms with van der Waals surface area (Å²) in [6, 6.07) is 12.4. The third kappa shape index (κ3) is 5.16. The van der Waals surface area contributed by atoms with Crippen molar-refractivity contribution in [1.29, 1.82) is 0 Å². The summed E-state index contributed by atoms with van der Waals surface area (Å²) >= 11 is 6.64. The lowest BCUT2D eigenvalue weighted by Gasteiger charge is -2.05. The molecule has 0 aliphatic carbocycles. The Kier molecular flexibility index (Phi) is 5.97. The van der Waals surface area contributed by atoms with Gasteiger partial charge in [0.05, 0.1) is 12.8 Å². The second kappa shape index (κ2) is 7.95. The molecule has 0 aromatic heterocycles. The van der Waals surface area contributed by atoms with Gasteiger partial charge in [-0.1, -0.05) is 31.9 Å². The Hall–Kier alpha value is -1.86. The van der Waals surface area contributed by atoms with Gasteiger partial charge in [-0.05, 0) is 42.5 Å². The van der Waals surface area contributed by atoms with Crippen molar-refractivity contribution in [3.8, 4) is 5.75 Å². The molecule has 1 amide bonds. The van der Waals surface area contributed by atoms with Gasteiger partial charge in [0.2, 0.25) is 0 Å². The van der Waals surface area contributed by atoms with E-state index >= 15 is 0 Å². The number of carbonyl (C=O) groups excluding carboxylic acids is 1. The van der Waals surface area contributed by atoms with E-state index in [4.69, 9.17) is 0 Å². The lowest BCUT2D eigenvalue weighted by atomic mass is 10.2. The standard InChI is InChI=1S/C15H13Br2N3O2/c16-11-1-4-13(5-2-11)18-9-15(22)20-19-8-10-7-12(17)3-6-14(10)21/h1-8,18,21H,9H2,(H,20,22)/b19-8-. The van der Waals surface area contributed by atoms with Crippen LogP contribution in [0.15, 0.2) is 56.5 Å². The van der Waals surface area contributed by atoms with Crippen LogP contribution in [0.1, 0.15) is 5.56 Å². The summed E-state index contributed by atoms with van der Waals surface area (Å²) < 4.78 is 1.79. The van der Waals surface area contributed by atoms with Crippen LogP contribution in [0.2, 0.25) is 0 Å². The Balaban J connectivity index is 1.83. The molecule has 0 unspecified atom stereocenters. The number of phenolic OH excluding ortho intramolecular Hbond substituents is 1. The molecule has 3 N–H and O–H groups in total. The number of nitrogens with zero attached hydrogens (tertiary/aromatic N) is 1. The first-order valence-electron chi connectivity index (χ1n) is 6.34. The zero-order valence-corrected chi connectivity index (χ0v) is 14.6. The summed E-state index contributed by atoms with van der Waals surface area (Å²) in [5.41, 5.74) is 3.74. The van der Waals surface area contributed by atoms with E-state index in [1.807, 2.05) is 24.3 Å². The minimum absolute atomic E-state index is 0.0918. The van der Waals surface area contributed by atoms with Crippen LogP contribution in [0, 0.1) is 0 Å². The maximum absolute atomic E-state index is 11.7. The van der Waals surface area contributed by atoms with Gasteiger partial charge in [0.25, 0.3) is 5.91 Å². The van der Waals surface area contributed by atoms with E-state index in [1.165, 1.54) is 6.21 Å². The Bertz CT molecular complexity index is 688. The minimum Gasteiger partial charge on any atom is -0.507 e. The molecule has 0 atom stereocenters. The Morgan fingerprint density at radius 1 is 1.14 bits per heavy atom. The summed E-state index contributed by atoms with van der Waals surface area (Å²) in [6.07, 6.45) is 1.39. The molecular weight excluding hydrogens is 414 g/mol. The number of benzene rings is 2. The van der Waals surface area contributed by atoms with Crippen molar-refractivity contribution in [2.45, 2.75) is 0 Å². The van der Waals surface area contributed by atoms with Crippen LogP contribution in [0.3, 0.4) is 0 Å². The molecule has 2 rings (SSSR count). The average molecular weight is 427 g/mol. The average Bonchev–Trinajstić information content (AvgIpc) is 2.50. The van der Waals surface area contributed by atoms with Crippen molar-refractivity contribution >= 4 is 49.7 Å². The Labute approximate surface area is 144 Å². The summed E-state index contributed by atoms with van der Waals surface area (Å²) in [6.45, 7) is 0.101. The van der Waals surface area contributed by atoms with Crippen molar-refractivity contribution in [1.82, 2.24) is 5.43 Å². The summed E-state index contributed by atoms with van der Waals surface area (Å²) in [5.74, 6) is -0.192. The normalized spacial score (nSPS) is 10.6. The van der Waals surface area contributed by atoms with Gasteiger partial charge in [0.1, 0.15) is 5.75 Å². The molecule has 0 fully saturated rings. The topological polar surface area (TPSA) is 73.7 Å². The van der Waals surface area contributed by atoms with Crippen LogP contribution < -0.4 is 10.7 Å². The fourth-order valence-corrected chi connectivity index (χ4v) is 2.24. The molecule has 0 spiro atoms. The van der Waals surface area contributed by atoms with E-state index in [1.54, 1.807) is 18.2 Å². The molecule has 0 aliphatic rings. The van der Waals surface area contributed by atoms with Gasteiger partial charge in [-0.15, -0.1) is 0 Å². The van der Waals surface area contributed by atoms with E-state index in [2.05, 4.69) is 47.7 Å². The highest BCUT2D eigenvalue weighted by Crippen LogP contribution is 2.19. The van der Waals surface area contributed by atoms with E-state index in [0.29, 0.717) is 5.56 Å². The highest BCUT2D eigenvalue weighted by molar-refractivity contribution is 9.10. The third-order valence-corrected chi connectivity index (χ3v) is 3.70. The lowest BCUT2D eigenvalue weighted by Crippen LogP contribution is -2.25. The van der Waals surface area contributed by atoms with Crippen molar-refractivity contribution < 1.29 is 9.90 Å². The quantitative estimate of drug-likeness (QED) is 0.506. The number of aromatic hydroxyl groups is 1. The summed E-state index contributed by atoms with van der Waals surface area (Å²) in [5, 5.41) is 16.4. The number of phenols is 1. The zero-order chi connectivity index (χ0) is 15.9. The number of hydrogen-bond acceptors (Lipinski definition) is 4. The number of carbonyl (C=O) groups is 1. The maximum Gasteiger partial charge on any atom is 0.259 e. The first-order chi connectivity index (χ1) is 10.5. The second-order valence-corrected chi connectivity index (χ2v) is 6.19. The zero-order valence-electron chi connectivity index (χ0n) is 11.4. The molecule has 2 aromatic rings. The van der Waals surface area contributed by atoms with Crippen LogP contribution in [-0.4, -0.2) is 23.8 Å². The number of rotatable bonds is 5. The van der Waals surface area contributed by atoms with Crippen molar-refractivity contribution in [3.63, 3.8) is 0 Å². The number of amides is 1. The highest BCUT2D eigenvalue weighted by atomic mass is 79.9. The predicted octanol–water partition coefficient (Wildman–Crippen LogP) is 3.48. The van der Waals surface area contributed by atoms with Gasteiger partial charge in [0, 0.05) is 20.2 Å². The van der Waals surface area contributed by atoms with Gasteiger partial charge >= 0.3 is 0 Å².